The molecule has 4 rings (SSSR count). The molecule has 0 saturated carbocycles. The van der Waals surface area contributed by atoms with Crippen LogP contribution in [0.15, 0.2) is 66.7 Å². The van der Waals surface area contributed by atoms with E-state index in [1.165, 1.54) is 30.3 Å². The van der Waals surface area contributed by atoms with Gasteiger partial charge in [-0.2, -0.15) is 8.78 Å². The average molecular weight is 428 g/mol. The van der Waals surface area contributed by atoms with Crippen LogP contribution in [0.4, 0.5) is 22.0 Å². The van der Waals surface area contributed by atoms with Gasteiger partial charge in [-0.3, -0.25) is 0 Å². The van der Waals surface area contributed by atoms with Gasteiger partial charge in [0, 0.05) is 10.9 Å². The number of hydrogen-bond acceptors (Lipinski definition) is 1. The first-order valence-electron chi connectivity index (χ1n) is 9.63. The third-order valence-electron chi connectivity index (χ3n) is 5.15. The zero-order valence-electron chi connectivity index (χ0n) is 16.4. The molecule has 0 radical (unpaired) electrons. The highest BCUT2D eigenvalue weighted by atomic mass is 19.3. The predicted molar refractivity (Wildman–Crippen MR) is 111 cm³/mol. The summed E-state index contributed by atoms with van der Waals surface area (Å²) in [4.78, 5) is 0. The van der Waals surface area contributed by atoms with Gasteiger partial charge >= 0.3 is 6.61 Å². The molecule has 0 amide bonds. The van der Waals surface area contributed by atoms with E-state index < -0.39 is 24.1 Å². The molecule has 0 atom stereocenters. The van der Waals surface area contributed by atoms with Gasteiger partial charge < -0.3 is 4.74 Å². The zero-order valence-corrected chi connectivity index (χ0v) is 16.4. The standard InChI is InChI=1S/C25H17F5O/c1-2-14-3-9-19-16(11-14)6-10-20(24(19)28)17-12-21(26)23(22(27)13-17)15-4-7-18(8-5-15)31-25(29)30/h3-13,25H,2H2,1H3. The van der Waals surface area contributed by atoms with Gasteiger partial charge in [0.15, 0.2) is 0 Å². The van der Waals surface area contributed by atoms with Gasteiger partial charge in [0.1, 0.15) is 23.2 Å². The third kappa shape index (κ3) is 4.10. The first-order valence-corrected chi connectivity index (χ1v) is 9.63. The number of ether oxygens (including phenoxy) is 1. The summed E-state index contributed by atoms with van der Waals surface area (Å²) in [5, 5.41) is 1.08. The van der Waals surface area contributed by atoms with Gasteiger partial charge in [-0.15, -0.1) is 0 Å². The minimum atomic E-state index is -3.00. The molecule has 31 heavy (non-hydrogen) atoms. The lowest BCUT2D eigenvalue weighted by atomic mass is 9.96. The number of hydrogen-bond donors (Lipinski definition) is 0. The maximum atomic E-state index is 15.1. The van der Waals surface area contributed by atoms with E-state index in [1.54, 1.807) is 12.1 Å². The number of benzene rings is 4. The summed E-state index contributed by atoms with van der Waals surface area (Å²) in [7, 11) is 0. The minimum Gasteiger partial charge on any atom is -0.435 e. The summed E-state index contributed by atoms with van der Waals surface area (Å²) < 4.78 is 73.5. The molecule has 0 aromatic heterocycles. The van der Waals surface area contributed by atoms with Crippen molar-refractivity contribution in [3.05, 3.63) is 89.7 Å². The van der Waals surface area contributed by atoms with Crippen molar-refractivity contribution in [2.75, 3.05) is 0 Å². The highest BCUT2D eigenvalue weighted by molar-refractivity contribution is 5.89. The Morgan fingerprint density at radius 1 is 0.774 bits per heavy atom. The van der Waals surface area contributed by atoms with Crippen molar-refractivity contribution in [3.8, 4) is 28.0 Å². The highest BCUT2D eigenvalue weighted by Crippen LogP contribution is 2.35. The smallest absolute Gasteiger partial charge is 0.387 e. The van der Waals surface area contributed by atoms with Crippen molar-refractivity contribution >= 4 is 10.8 Å². The Balaban J connectivity index is 1.74. The fourth-order valence-corrected chi connectivity index (χ4v) is 3.59. The van der Waals surface area contributed by atoms with Gasteiger partial charge in [0.05, 0.1) is 5.56 Å². The van der Waals surface area contributed by atoms with Crippen molar-refractivity contribution in [1.29, 1.82) is 0 Å². The Hall–Kier alpha value is -3.41. The SMILES string of the molecule is CCc1ccc2c(F)c(-c3cc(F)c(-c4ccc(OC(F)F)cc4)c(F)c3)ccc2c1. The molecule has 0 aliphatic heterocycles. The van der Waals surface area contributed by atoms with E-state index in [4.69, 9.17) is 0 Å². The molecule has 0 aliphatic carbocycles. The van der Waals surface area contributed by atoms with Crippen molar-refractivity contribution in [3.63, 3.8) is 0 Å². The second kappa shape index (κ2) is 8.38. The predicted octanol–water partition coefficient (Wildman–Crippen LogP) is 7.75. The van der Waals surface area contributed by atoms with E-state index in [2.05, 4.69) is 4.74 Å². The number of rotatable bonds is 5. The Morgan fingerprint density at radius 2 is 1.45 bits per heavy atom. The Kier molecular flexibility index (Phi) is 5.63. The normalized spacial score (nSPS) is 11.3. The Labute approximate surface area is 175 Å². The monoisotopic (exact) mass is 428 g/mol. The lowest BCUT2D eigenvalue weighted by molar-refractivity contribution is -0.0498. The van der Waals surface area contributed by atoms with Crippen molar-refractivity contribution in [1.82, 2.24) is 0 Å². The van der Waals surface area contributed by atoms with Crippen LogP contribution in [0.5, 0.6) is 5.75 Å². The van der Waals surface area contributed by atoms with E-state index in [0.717, 1.165) is 24.1 Å². The number of alkyl halides is 2. The van der Waals surface area contributed by atoms with Gasteiger partial charge in [-0.25, -0.2) is 13.2 Å². The fourth-order valence-electron chi connectivity index (χ4n) is 3.59. The van der Waals surface area contributed by atoms with Crippen LogP contribution < -0.4 is 4.74 Å². The summed E-state index contributed by atoms with van der Waals surface area (Å²) in [6.07, 6.45) is 0.812. The molecular weight excluding hydrogens is 411 g/mol. The Bertz CT molecular complexity index is 1230. The first kappa shape index (κ1) is 20.8. The summed E-state index contributed by atoms with van der Waals surface area (Å²) >= 11 is 0. The maximum absolute atomic E-state index is 15.1. The van der Waals surface area contributed by atoms with Crippen LogP contribution in [-0.2, 0) is 6.42 Å². The first-order chi connectivity index (χ1) is 14.9. The second-order valence-electron chi connectivity index (χ2n) is 7.05. The van der Waals surface area contributed by atoms with Crippen LogP contribution in [0.25, 0.3) is 33.0 Å². The average Bonchev–Trinajstić information content (AvgIpc) is 2.74. The molecule has 1 nitrogen and oxygen atoms in total. The molecule has 0 heterocycles. The molecule has 0 N–H and O–H groups in total. The summed E-state index contributed by atoms with van der Waals surface area (Å²) in [6, 6.07) is 15.7. The van der Waals surface area contributed by atoms with Crippen LogP contribution in [0, 0.1) is 17.5 Å². The third-order valence-corrected chi connectivity index (χ3v) is 5.15. The van der Waals surface area contributed by atoms with E-state index in [9.17, 15) is 17.6 Å². The zero-order chi connectivity index (χ0) is 22.1. The largest absolute Gasteiger partial charge is 0.435 e. The van der Waals surface area contributed by atoms with Gasteiger partial charge in [0.25, 0.3) is 0 Å². The lowest BCUT2D eigenvalue weighted by Crippen LogP contribution is -2.01. The lowest BCUT2D eigenvalue weighted by Gasteiger charge is -2.12. The highest BCUT2D eigenvalue weighted by Gasteiger charge is 2.17. The number of aryl methyl sites for hydroxylation is 1. The number of halogens is 5. The molecule has 0 aliphatic rings. The van der Waals surface area contributed by atoms with Crippen LogP contribution in [0.3, 0.4) is 0 Å². The van der Waals surface area contributed by atoms with Crippen LogP contribution >= 0.6 is 0 Å². The van der Waals surface area contributed by atoms with Crippen LogP contribution in [0.1, 0.15) is 12.5 Å². The summed E-state index contributed by atoms with van der Waals surface area (Å²) in [5.74, 6) is -2.46. The van der Waals surface area contributed by atoms with Gasteiger partial charge in [-0.05, 0) is 52.8 Å². The molecule has 158 valence electrons. The van der Waals surface area contributed by atoms with E-state index in [0.29, 0.717) is 10.8 Å². The second-order valence-corrected chi connectivity index (χ2v) is 7.05. The van der Waals surface area contributed by atoms with Crippen molar-refractivity contribution < 1.29 is 26.7 Å². The van der Waals surface area contributed by atoms with Crippen molar-refractivity contribution in [2.45, 2.75) is 20.0 Å². The molecular formula is C25H17F5O. The minimum absolute atomic E-state index is 0.0652. The summed E-state index contributed by atoms with van der Waals surface area (Å²) in [5.41, 5.74) is 1.03. The molecule has 4 aromatic rings. The molecule has 0 fully saturated rings. The van der Waals surface area contributed by atoms with Crippen LogP contribution in [-0.4, -0.2) is 6.61 Å². The topological polar surface area (TPSA) is 9.23 Å². The molecule has 6 heteroatoms. The molecule has 0 spiro atoms. The van der Waals surface area contributed by atoms with E-state index in [1.807, 2.05) is 19.1 Å². The molecule has 0 unspecified atom stereocenters. The quantitative estimate of drug-likeness (QED) is 0.295. The molecule has 0 bridgehead atoms. The van der Waals surface area contributed by atoms with Crippen LogP contribution in [0.2, 0.25) is 0 Å². The summed E-state index contributed by atoms with van der Waals surface area (Å²) in [6.45, 7) is -0.998. The van der Waals surface area contributed by atoms with Crippen molar-refractivity contribution in [2.24, 2.45) is 0 Å². The van der Waals surface area contributed by atoms with Gasteiger partial charge in [-0.1, -0.05) is 49.4 Å². The van der Waals surface area contributed by atoms with E-state index >= 15 is 4.39 Å². The van der Waals surface area contributed by atoms with E-state index in [-0.39, 0.29) is 28.0 Å². The molecule has 4 aromatic carbocycles. The maximum Gasteiger partial charge on any atom is 0.387 e. The molecule has 0 saturated heterocycles. The number of fused-ring (bicyclic) bond motifs is 1. The van der Waals surface area contributed by atoms with Gasteiger partial charge in [0.2, 0.25) is 0 Å². The Morgan fingerprint density at radius 3 is 2.06 bits per heavy atom. The fraction of sp³-hybridized carbons (Fsp3) is 0.120.